The molecule has 3 aromatic rings. The van der Waals surface area contributed by atoms with Gasteiger partial charge >= 0.3 is 0 Å². The predicted molar refractivity (Wildman–Crippen MR) is 141 cm³/mol. The highest BCUT2D eigenvalue weighted by Crippen LogP contribution is 2.33. The van der Waals surface area contributed by atoms with Gasteiger partial charge in [0.25, 0.3) is 5.91 Å². The number of carbonyl (C=O) groups excluding carboxylic acids is 1. The van der Waals surface area contributed by atoms with E-state index in [1.54, 1.807) is 12.3 Å². The number of rotatable bonds is 5. The molecule has 2 aliphatic rings. The Morgan fingerprint density at radius 3 is 2.58 bits per heavy atom. The van der Waals surface area contributed by atoms with E-state index in [1.165, 1.54) is 6.07 Å². The number of hydrogen-bond donors (Lipinski definition) is 2. The summed E-state index contributed by atoms with van der Waals surface area (Å²) in [6, 6.07) is 13.2. The Hall–Kier alpha value is -3.52. The largest absolute Gasteiger partial charge is 0.367 e. The Morgan fingerprint density at radius 1 is 1.06 bits per heavy atom. The Bertz CT molecular complexity index is 1280. The second-order valence-corrected chi connectivity index (χ2v) is 10.5. The lowest BCUT2D eigenvalue weighted by molar-refractivity contribution is 0.0930. The summed E-state index contributed by atoms with van der Waals surface area (Å²) in [5.41, 5.74) is 4.55. The number of nitrogens with zero attached hydrogens (tertiary/aromatic N) is 4. The van der Waals surface area contributed by atoms with Gasteiger partial charge < -0.3 is 15.5 Å². The maximum absolute atomic E-state index is 14.7. The van der Waals surface area contributed by atoms with Crippen LogP contribution in [-0.4, -0.2) is 59.5 Å². The maximum atomic E-state index is 14.7. The lowest BCUT2D eigenvalue weighted by atomic mass is 9.78. The van der Waals surface area contributed by atoms with Gasteiger partial charge in [-0.1, -0.05) is 19.9 Å². The van der Waals surface area contributed by atoms with Crippen molar-refractivity contribution in [1.29, 1.82) is 0 Å². The lowest BCUT2D eigenvalue weighted by Gasteiger charge is -2.38. The molecule has 0 radical (unpaired) electrons. The summed E-state index contributed by atoms with van der Waals surface area (Å²) in [5.74, 6) is 0.164. The monoisotopic (exact) mass is 488 g/mol. The van der Waals surface area contributed by atoms with Crippen molar-refractivity contribution in [3.05, 3.63) is 65.6 Å². The molecule has 0 unspecified atom stereocenters. The van der Waals surface area contributed by atoms with Crippen LogP contribution in [0, 0.1) is 5.82 Å². The third-order valence-corrected chi connectivity index (χ3v) is 7.22. The fourth-order valence-corrected chi connectivity index (χ4v) is 4.97. The molecule has 7 nitrogen and oxygen atoms in total. The molecule has 2 aromatic carbocycles. The van der Waals surface area contributed by atoms with Crippen LogP contribution >= 0.6 is 0 Å². The van der Waals surface area contributed by atoms with Crippen molar-refractivity contribution in [2.75, 3.05) is 42.9 Å². The topological polar surface area (TPSA) is 73.4 Å². The molecule has 0 aliphatic carbocycles. The average molecular weight is 489 g/mol. The van der Waals surface area contributed by atoms with Crippen LogP contribution in [0.15, 0.2) is 48.7 Å². The third kappa shape index (κ3) is 4.78. The molecule has 36 heavy (non-hydrogen) atoms. The van der Waals surface area contributed by atoms with Gasteiger partial charge in [-0.05, 0) is 55.8 Å². The molecule has 0 saturated carbocycles. The molecular weight excluding hydrogens is 455 g/mol. The van der Waals surface area contributed by atoms with Crippen LogP contribution in [0.2, 0.25) is 0 Å². The highest BCUT2D eigenvalue weighted by Gasteiger charge is 2.31. The minimum Gasteiger partial charge on any atom is -0.367 e. The zero-order valence-corrected chi connectivity index (χ0v) is 21.3. The molecule has 188 valence electrons. The van der Waals surface area contributed by atoms with Gasteiger partial charge in [0.15, 0.2) is 0 Å². The van der Waals surface area contributed by atoms with Gasteiger partial charge in [-0.3, -0.25) is 9.69 Å². The number of carbonyl (C=O) groups is 1. The summed E-state index contributed by atoms with van der Waals surface area (Å²) in [7, 11) is 0. The molecular formula is C28H33FN6O. The Morgan fingerprint density at radius 2 is 1.83 bits per heavy atom. The van der Waals surface area contributed by atoms with Crippen molar-refractivity contribution in [2.24, 2.45) is 0 Å². The molecule has 1 saturated heterocycles. The minimum atomic E-state index is -0.228. The van der Waals surface area contributed by atoms with Gasteiger partial charge in [0.1, 0.15) is 5.82 Å². The first-order valence-electron chi connectivity index (χ1n) is 12.5. The van der Waals surface area contributed by atoms with Gasteiger partial charge in [-0.25, -0.2) is 14.4 Å². The first kappa shape index (κ1) is 24.2. The SMILES string of the molecule is CC(C)N1CCN(c2cc(Nc3nccc(-c4ccc5c(c4)C(C)(C)CNC5=O)n3)ccc2F)CC1. The number of amides is 1. The van der Waals surface area contributed by atoms with E-state index in [9.17, 15) is 9.18 Å². The van der Waals surface area contributed by atoms with E-state index in [4.69, 9.17) is 4.98 Å². The van der Waals surface area contributed by atoms with E-state index in [0.29, 0.717) is 29.8 Å². The van der Waals surface area contributed by atoms with Crippen molar-refractivity contribution >= 4 is 23.2 Å². The zero-order valence-electron chi connectivity index (χ0n) is 21.3. The van der Waals surface area contributed by atoms with Crippen molar-refractivity contribution in [3.8, 4) is 11.3 Å². The van der Waals surface area contributed by atoms with Crippen LogP contribution in [0.3, 0.4) is 0 Å². The number of piperazine rings is 1. The Kier molecular flexibility index (Phi) is 6.38. The molecule has 0 bridgehead atoms. The molecule has 0 atom stereocenters. The van der Waals surface area contributed by atoms with E-state index in [-0.39, 0.29) is 17.1 Å². The quantitative estimate of drug-likeness (QED) is 0.548. The van der Waals surface area contributed by atoms with Crippen molar-refractivity contribution in [3.63, 3.8) is 0 Å². The molecule has 1 amide bonds. The minimum absolute atomic E-state index is 0.0429. The number of halogens is 1. The molecule has 3 heterocycles. The zero-order chi connectivity index (χ0) is 25.4. The number of nitrogens with one attached hydrogen (secondary N) is 2. The second kappa shape index (κ2) is 9.50. The second-order valence-electron chi connectivity index (χ2n) is 10.5. The standard InChI is InChI=1S/C28H33FN6O/c1-18(2)34-11-13-35(14-12-34)25-16-20(6-8-23(25)29)32-27-30-10-9-24(33-27)19-5-7-21-22(15-19)28(3,4)17-31-26(21)36/h5-10,15-16,18H,11-14,17H2,1-4H3,(H,31,36)(H,30,32,33). The van der Waals surface area contributed by atoms with Gasteiger partial charge in [-0.2, -0.15) is 0 Å². The summed E-state index contributed by atoms with van der Waals surface area (Å²) in [6.07, 6.45) is 1.71. The normalized spacial score (nSPS) is 17.6. The fourth-order valence-electron chi connectivity index (χ4n) is 4.97. The number of aromatic nitrogens is 2. The third-order valence-electron chi connectivity index (χ3n) is 7.22. The van der Waals surface area contributed by atoms with Crippen LogP contribution in [0.1, 0.15) is 43.6 Å². The van der Waals surface area contributed by atoms with Crippen LogP contribution in [0.5, 0.6) is 0 Å². The molecule has 5 rings (SSSR count). The smallest absolute Gasteiger partial charge is 0.251 e. The molecule has 8 heteroatoms. The molecule has 1 aromatic heterocycles. The Balaban J connectivity index is 1.37. The number of fused-ring (bicyclic) bond motifs is 1. The lowest BCUT2D eigenvalue weighted by Crippen LogP contribution is -2.49. The Labute approximate surface area is 211 Å². The summed E-state index contributed by atoms with van der Waals surface area (Å²) in [6.45, 7) is 12.6. The van der Waals surface area contributed by atoms with E-state index in [1.807, 2.05) is 30.3 Å². The molecule has 2 aliphatic heterocycles. The number of anilines is 3. The first-order chi connectivity index (χ1) is 17.2. The van der Waals surface area contributed by atoms with Crippen molar-refractivity contribution in [1.82, 2.24) is 20.2 Å². The van der Waals surface area contributed by atoms with Crippen LogP contribution in [0.4, 0.5) is 21.7 Å². The maximum Gasteiger partial charge on any atom is 0.251 e. The summed E-state index contributed by atoms with van der Waals surface area (Å²) in [4.78, 5) is 25.9. The van der Waals surface area contributed by atoms with Gasteiger partial charge in [-0.15, -0.1) is 0 Å². The van der Waals surface area contributed by atoms with Gasteiger partial charge in [0, 0.05) is 67.2 Å². The van der Waals surface area contributed by atoms with Crippen molar-refractivity contribution in [2.45, 2.75) is 39.2 Å². The predicted octanol–water partition coefficient (Wildman–Crippen LogP) is 4.58. The summed E-state index contributed by atoms with van der Waals surface area (Å²) in [5, 5.41) is 6.20. The van der Waals surface area contributed by atoms with Gasteiger partial charge in [0.05, 0.1) is 11.4 Å². The van der Waals surface area contributed by atoms with Crippen LogP contribution in [0.25, 0.3) is 11.3 Å². The fraction of sp³-hybridized carbons (Fsp3) is 0.393. The van der Waals surface area contributed by atoms with E-state index in [0.717, 1.165) is 48.7 Å². The van der Waals surface area contributed by atoms with E-state index < -0.39 is 0 Å². The summed E-state index contributed by atoms with van der Waals surface area (Å²) < 4.78 is 14.7. The van der Waals surface area contributed by atoms with E-state index in [2.05, 4.69) is 53.1 Å². The van der Waals surface area contributed by atoms with Gasteiger partial charge in [0.2, 0.25) is 5.95 Å². The number of benzene rings is 2. The average Bonchev–Trinajstić information content (AvgIpc) is 2.88. The highest BCUT2D eigenvalue weighted by atomic mass is 19.1. The molecule has 2 N–H and O–H groups in total. The first-order valence-corrected chi connectivity index (χ1v) is 12.5. The van der Waals surface area contributed by atoms with Crippen LogP contribution in [-0.2, 0) is 5.41 Å². The molecule has 0 spiro atoms. The molecule has 1 fully saturated rings. The highest BCUT2D eigenvalue weighted by molar-refractivity contribution is 5.98. The van der Waals surface area contributed by atoms with Crippen LogP contribution < -0.4 is 15.5 Å². The van der Waals surface area contributed by atoms with E-state index >= 15 is 0 Å². The van der Waals surface area contributed by atoms with Crippen molar-refractivity contribution < 1.29 is 9.18 Å². The number of hydrogen-bond acceptors (Lipinski definition) is 6. The summed E-state index contributed by atoms with van der Waals surface area (Å²) >= 11 is 0.